The van der Waals surface area contributed by atoms with Gasteiger partial charge in [0.1, 0.15) is 5.82 Å². The summed E-state index contributed by atoms with van der Waals surface area (Å²) in [5.41, 5.74) is 1.99. The first-order valence-electron chi connectivity index (χ1n) is 7.76. The number of rotatable bonds is 3. The number of anilines is 1. The molecule has 0 atom stereocenters. The van der Waals surface area contributed by atoms with Crippen LogP contribution in [0, 0.1) is 0 Å². The normalized spacial score (nSPS) is 16.0. The van der Waals surface area contributed by atoms with Gasteiger partial charge in [0.2, 0.25) is 0 Å². The monoisotopic (exact) mass is 326 g/mol. The first-order chi connectivity index (χ1) is 11.3. The Labute approximate surface area is 138 Å². The van der Waals surface area contributed by atoms with E-state index in [0.29, 0.717) is 5.92 Å². The standard InChI is InChI=1S/C16H18N6S/c1-21-11-13(10-19-21)14-2-5-17-15(20-14)12-3-7-22(8-4-12)16-18-6-9-23-16/h2,5-6,9-12H,3-4,7-8H2,1H3. The maximum Gasteiger partial charge on any atom is 0.185 e. The van der Waals surface area contributed by atoms with Crippen LogP contribution in [0.25, 0.3) is 11.3 Å². The summed E-state index contributed by atoms with van der Waals surface area (Å²) in [6.07, 6.45) is 9.69. The van der Waals surface area contributed by atoms with Gasteiger partial charge in [-0.2, -0.15) is 5.10 Å². The molecule has 0 amide bonds. The highest BCUT2D eigenvalue weighted by Crippen LogP contribution is 2.30. The molecule has 6 nitrogen and oxygen atoms in total. The number of hydrogen-bond donors (Lipinski definition) is 0. The van der Waals surface area contributed by atoms with Crippen molar-refractivity contribution in [1.29, 1.82) is 0 Å². The van der Waals surface area contributed by atoms with E-state index in [1.807, 2.05) is 43.3 Å². The molecule has 0 spiro atoms. The van der Waals surface area contributed by atoms with E-state index >= 15 is 0 Å². The summed E-state index contributed by atoms with van der Waals surface area (Å²) in [6, 6.07) is 1.95. The molecule has 3 aromatic rings. The molecule has 0 bridgehead atoms. The summed E-state index contributed by atoms with van der Waals surface area (Å²) in [5.74, 6) is 1.37. The molecule has 0 saturated carbocycles. The van der Waals surface area contributed by atoms with Crippen LogP contribution in [0.15, 0.2) is 36.2 Å². The molecule has 0 aromatic carbocycles. The molecule has 3 aromatic heterocycles. The number of hydrogen-bond acceptors (Lipinski definition) is 6. The van der Waals surface area contributed by atoms with Gasteiger partial charge >= 0.3 is 0 Å². The summed E-state index contributed by atoms with van der Waals surface area (Å²) in [4.78, 5) is 16.0. The molecular formula is C16H18N6S. The van der Waals surface area contributed by atoms with Crippen LogP contribution in [-0.2, 0) is 7.05 Å². The van der Waals surface area contributed by atoms with Crippen molar-refractivity contribution < 1.29 is 0 Å². The van der Waals surface area contributed by atoms with Crippen LogP contribution in [0.4, 0.5) is 5.13 Å². The summed E-state index contributed by atoms with van der Waals surface area (Å²) in [7, 11) is 1.92. The molecule has 23 heavy (non-hydrogen) atoms. The average molecular weight is 326 g/mol. The summed E-state index contributed by atoms with van der Waals surface area (Å²) >= 11 is 1.70. The topological polar surface area (TPSA) is 59.7 Å². The van der Waals surface area contributed by atoms with Crippen molar-refractivity contribution in [2.45, 2.75) is 18.8 Å². The van der Waals surface area contributed by atoms with E-state index in [-0.39, 0.29) is 0 Å². The SMILES string of the molecule is Cn1cc(-c2ccnc(C3CCN(c4nccs4)CC3)n2)cn1. The van der Waals surface area contributed by atoms with Crippen molar-refractivity contribution in [3.05, 3.63) is 42.1 Å². The molecule has 0 aliphatic carbocycles. The van der Waals surface area contributed by atoms with Gasteiger partial charge in [-0.25, -0.2) is 15.0 Å². The Morgan fingerprint density at radius 1 is 1.17 bits per heavy atom. The van der Waals surface area contributed by atoms with Crippen LogP contribution in [0.5, 0.6) is 0 Å². The van der Waals surface area contributed by atoms with Crippen LogP contribution in [0.3, 0.4) is 0 Å². The average Bonchev–Trinajstić information content (AvgIpc) is 3.27. The van der Waals surface area contributed by atoms with Gasteiger partial charge in [-0.3, -0.25) is 4.68 Å². The van der Waals surface area contributed by atoms with E-state index in [0.717, 1.165) is 48.1 Å². The molecule has 0 radical (unpaired) electrons. The smallest absolute Gasteiger partial charge is 0.185 e. The number of thiazole rings is 1. The van der Waals surface area contributed by atoms with Gasteiger partial charge in [-0.05, 0) is 18.9 Å². The Hall–Kier alpha value is -2.28. The molecule has 1 aliphatic heterocycles. The predicted molar refractivity (Wildman–Crippen MR) is 90.5 cm³/mol. The lowest BCUT2D eigenvalue weighted by Crippen LogP contribution is -2.33. The zero-order chi connectivity index (χ0) is 15.6. The van der Waals surface area contributed by atoms with E-state index in [9.17, 15) is 0 Å². The molecule has 1 aliphatic rings. The maximum absolute atomic E-state index is 4.77. The van der Waals surface area contributed by atoms with Crippen molar-refractivity contribution >= 4 is 16.5 Å². The third kappa shape index (κ3) is 2.96. The maximum atomic E-state index is 4.77. The molecule has 7 heteroatoms. The lowest BCUT2D eigenvalue weighted by Gasteiger charge is -2.31. The number of aryl methyl sites for hydroxylation is 1. The molecule has 1 saturated heterocycles. The van der Waals surface area contributed by atoms with Gasteiger partial charge in [0.25, 0.3) is 0 Å². The van der Waals surface area contributed by atoms with E-state index in [4.69, 9.17) is 4.98 Å². The van der Waals surface area contributed by atoms with Gasteiger partial charge < -0.3 is 4.90 Å². The molecule has 0 N–H and O–H groups in total. The Bertz CT molecular complexity index is 773. The van der Waals surface area contributed by atoms with E-state index in [1.54, 1.807) is 16.0 Å². The second-order valence-electron chi connectivity index (χ2n) is 5.78. The Morgan fingerprint density at radius 2 is 2.04 bits per heavy atom. The van der Waals surface area contributed by atoms with Crippen molar-refractivity contribution in [2.24, 2.45) is 7.05 Å². The quantitative estimate of drug-likeness (QED) is 0.740. The van der Waals surface area contributed by atoms with Crippen LogP contribution in [0.1, 0.15) is 24.6 Å². The highest BCUT2D eigenvalue weighted by Gasteiger charge is 2.24. The highest BCUT2D eigenvalue weighted by molar-refractivity contribution is 7.13. The second kappa shape index (κ2) is 6.08. The Kier molecular flexibility index (Phi) is 3.78. The van der Waals surface area contributed by atoms with Crippen molar-refractivity contribution in [3.8, 4) is 11.3 Å². The summed E-state index contributed by atoms with van der Waals surface area (Å²) in [5, 5.41) is 7.37. The molecule has 0 unspecified atom stereocenters. The first-order valence-corrected chi connectivity index (χ1v) is 8.64. The van der Waals surface area contributed by atoms with Crippen LogP contribution in [-0.4, -0.2) is 37.8 Å². The fourth-order valence-corrected chi connectivity index (χ4v) is 3.68. The Morgan fingerprint density at radius 3 is 2.74 bits per heavy atom. The molecule has 4 heterocycles. The van der Waals surface area contributed by atoms with Crippen LogP contribution in [0.2, 0.25) is 0 Å². The third-order valence-corrected chi connectivity index (χ3v) is 5.06. The van der Waals surface area contributed by atoms with Gasteiger partial charge in [-0.1, -0.05) is 0 Å². The minimum atomic E-state index is 0.419. The lowest BCUT2D eigenvalue weighted by molar-refractivity contribution is 0.485. The second-order valence-corrected chi connectivity index (χ2v) is 6.65. The van der Waals surface area contributed by atoms with Gasteiger partial charge in [0.05, 0.1) is 11.9 Å². The van der Waals surface area contributed by atoms with Crippen molar-refractivity contribution in [3.63, 3.8) is 0 Å². The highest BCUT2D eigenvalue weighted by atomic mass is 32.1. The van der Waals surface area contributed by atoms with Gasteiger partial charge in [0, 0.05) is 55.6 Å². The fraction of sp³-hybridized carbons (Fsp3) is 0.375. The number of aromatic nitrogens is 5. The number of nitrogens with zero attached hydrogens (tertiary/aromatic N) is 6. The minimum absolute atomic E-state index is 0.419. The lowest BCUT2D eigenvalue weighted by atomic mass is 9.96. The van der Waals surface area contributed by atoms with E-state index in [2.05, 4.69) is 20.0 Å². The van der Waals surface area contributed by atoms with Gasteiger partial charge in [-0.15, -0.1) is 11.3 Å². The first kappa shape index (κ1) is 14.3. The molecular weight excluding hydrogens is 308 g/mol. The van der Waals surface area contributed by atoms with Crippen molar-refractivity contribution in [1.82, 2.24) is 24.7 Å². The van der Waals surface area contributed by atoms with E-state index < -0.39 is 0 Å². The largest absolute Gasteiger partial charge is 0.348 e. The summed E-state index contributed by atoms with van der Waals surface area (Å²) < 4.78 is 1.80. The van der Waals surface area contributed by atoms with Gasteiger partial charge in [0.15, 0.2) is 5.13 Å². The predicted octanol–water partition coefficient (Wildman–Crippen LogP) is 2.72. The molecule has 118 valence electrons. The molecule has 4 rings (SSSR count). The minimum Gasteiger partial charge on any atom is -0.348 e. The van der Waals surface area contributed by atoms with Crippen molar-refractivity contribution in [2.75, 3.05) is 18.0 Å². The van der Waals surface area contributed by atoms with Crippen LogP contribution < -0.4 is 4.90 Å². The number of piperidine rings is 1. The zero-order valence-electron chi connectivity index (χ0n) is 13.0. The fourth-order valence-electron chi connectivity index (χ4n) is 2.99. The Balaban J connectivity index is 1.49. The van der Waals surface area contributed by atoms with E-state index in [1.165, 1.54) is 0 Å². The van der Waals surface area contributed by atoms with Crippen LogP contribution >= 0.6 is 11.3 Å². The zero-order valence-corrected chi connectivity index (χ0v) is 13.8. The molecule has 1 fully saturated rings. The summed E-state index contributed by atoms with van der Waals surface area (Å²) in [6.45, 7) is 2.03. The third-order valence-electron chi connectivity index (χ3n) is 4.22.